The SMILES string of the molecule is O=c1[nH]c2cc(S(=O)(=O)N3CCN(CCn4nc5c(cc4=O)CCC5)CC3)ccc2o1. The van der Waals surface area contributed by atoms with Gasteiger partial charge in [0.1, 0.15) is 0 Å². The molecule has 2 aliphatic rings. The van der Waals surface area contributed by atoms with Crippen molar-refractivity contribution >= 4 is 21.1 Å². The molecule has 1 saturated heterocycles. The van der Waals surface area contributed by atoms with E-state index in [-0.39, 0.29) is 10.5 Å². The minimum Gasteiger partial charge on any atom is -0.408 e. The number of aromatic nitrogens is 3. The molecular weight excluding hydrogens is 422 g/mol. The van der Waals surface area contributed by atoms with Gasteiger partial charge in [0.15, 0.2) is 5.58 Å². The first-order valence-electron chi connectivity index (χ1n) is 10.4. The van der Waals surface area contributed by atoms with Gasteiger partial charge in [-0.25, -0.2) is 17.9 Å². The van der Waals surface area contributed by atoms with Crippen molar-refractivity contribution in [3.8, 4) is 0 Å². The van der Waals surface area contributed by atoms with E-state index in [1.807, 2.05) is 0 Å². The maximum absolute atomic E-state index is 13.0. The number of nitrogens with one attached hydrogen (secondary N) is 1. The first kappa shape index (κ1) is 20.2. The zero-order valence-corrected chi connectivity index (χ0v) is 17.7. The van der Waals surface area contributed by atoms with Crippen LogP contribution in [0.3, 0.4) is 0 Å². The number of aryl methyl sites for hydroxylation is 2. The molecule has 1 aromatic carbocycles. The third-order valence-corrected chi connectivity index (χ3v) is 7.91. The number of fused-ring (bicyclic) bond motifs is 2. The third-order valence-electron chi connectivity index (χ3n) is 6.01. The molecule has 0 spiro atoms. The van der Waals surface area contributed by atoms with Gasteiger partial charge in [0.05, 0.1) is 22.7 Å². The average Bonchev–Trinajstić information content (AvgIpc) is 3.36. The molecule has 1 aliphatic carbocycles. The van der Waals surface area contributed by atoms with E-state index in [4.69, 9.17) is 4.42 Å². The number of H-pyrrole nitrogens is 1. The molecule has 0 amide bonds. The zero-order chi connectivity index (χ0) is 21.6. The van der Waals surface area contributed by atoms with Gasteiger partial charge in [-0.2, -0.15) is 9.40 Å². The summed E-state index contributed by atoms with van der Waals surface area (Å²) in [6.45, 7) is 2.99. The number of sulfonamides is 1. The summed E-state index contributed by atoms with van der Waals surface area (Å²) in [5, 5.41) is 4.50. The number of aromatic amines is 1. The molecule has 0 saturated carbocycles. The molecule has 31 heavy (non-hydrogen) atoms. The molecule has 0 unspecified atom stereocenters. The quantitative estimate of drug-likeness (QED) is 0.594. The molecule has 1 fully saturated rings. The van der Waals surface area contributed by atoms with E-state index < -0.39 is 15.8 Å². The first-order valence-corrected chi connectivity index (χ1v) is 11.8. The normalized spacial score (nSPS) is 17.9. The standard InChI is InChI=1S/C20H23N5O5S/c26-19-12-14-2-1-3-16(14)22-25(19)11-8-23-6-9-24(10-7-23)31(28,29)15-4-5-18-17(13-15)21-20(27)30-18/h4-5,12-13H,1-3,6-11H2,(H,21,27). The van der Waals surface area contributed by atoms with Crippen molar-refractivity contribution in [2.45, 2.75) is 30.7 Å². The highest BCUT2D eigenvalue weighted by molar-refractivity contribution is 7.89. The van der Waals surface area contributed by atoms with E-state index in [1.54, 1.807) is 6.07 Å². The first-order chi connectivity index (χ1) is 14.9. The highest BCUT2D eigenvalue weighted by Gasteiger charge is 2.29. The topological polar surface area (TPSA) is 122 Å². The van der Waals surface area contributed by atoms with Crippen LogP contribution >= 0.6 is 0 Å². The number of oxazole rings is 1. The van der Waals surface area contributed by atoms with Crippen molar-refractivity contribution in [2.24, 2.45) is 0 Å². The van der Waals surface area contributed by atoms with Crippen LogP contribution < -0.4 is 11.3 Å². The number of piperazine rings is 1. The van der Waals surface area contributed by atoms with Gasteiger partial charge in [-0.1, -0.05) is 0 Å². The van der Waals surface area contributed by atoms with E-state index in [0.717, 1.165) is 30.5 Å². The lowest BCUT2D eigenvalue weighted by molar-refractivity contribution is 0.180. The Kier molecular flexibility index (Phi) is 5.03. The van der Waals surface area contributed by atoms with E-state index in [2.05, 4.69) is 15.0 Å². The molecule has 11 heteroatoms. The van der Waals surface area contributed by atoms with Crippen molar-refractivity contribution in [2.75, 3.05) is 32.7 Å². The van der Waals surface area contributed by atoms with E-state index >= 15 is 0 Å². The second kappa shape index (κ2) is 7.74. The molecule has 0 atom stereocenters. The lowest BCUT2D eigenvalue weighted by Crippen LogP contribution is -2.49. The van der Waals surface area contributed by atoms with Gasteiger partial charge in [-0.15, -0.1) is 0 Å². The molecule has 2 aromatic heterocycles. The minimum absolute atomic E-state index is 0.0745. The van der Waals surface area contributed by atoms with Gasteiger partial charge in [0, 0.05) is 38.8 Å². The largest absolute Gasteiger partial charge is 0.417 e. The van der Waals surface area contributed by atoms with Crippen LogP contribution in [0.2, 0.25) is 0 Å². The number of benzene rings is 1. The van der Waals surface area contributed by atoms with Gasteiger partial charge >= 0.3 is 5.76 Å². The maximum atomic E-state index is 13.0. The molecule has 3 aromatic rings. The van der Waals surface area contributed by atoms with Crippen molar-refractivity contribution < 1.29 is 12.8 Å². The van der Waals surface area contributed by atoms with E-state index in [1.165, 1.54) is 27.2 Å². The minimum atomic E-state index is -3.67. The Labute approximate surface area is 178 Å². The van der Waals surface area contributed by atoms with Crippen LogP contribution in [0.4, 0.5) is 0 Å². The molecule has 10 nitrogen and oxygen atoms in total. The predicted molar refractivity (Wildman–Crippen MR) is 113 cm³/mol. The fourth-order valence-corrected chi connectivity index (χ4v) is 5.72. The van der Waals surface area contributed by atoms with Gasteiger partial charge < -0.3 is 4.42 Å². The van der Waals surface area contributed by atoms with Crippen molar-refractivity contribution in [1.82, 2.24) is 24.0 Å². The Morgan fingerprint density at radius 2 is 1.84 bits per heavy atom. The van der Waals surface area contributed by atoms with E-state index in [0.29, 0.717) is 50.4 Å². The summed E-state index contributed by atoms with van der Waals surface area (Å²) < 4.78 is 33.9. The summed E-state index contributed by atoms with van der Waals surface area (Å²) in [5.74, 6) is -0.616. The summed E-state index contributed by atoms with van der Waals surface area (Å²) in [6, 6.07) is 6.06. The molecule has 5 rings (SSSR count). The van der Waals surface area contributed by atoms with Crippen LogP contribution in [-0.4, -0.2) is 65.1 Å². The third kappa shape index (κ3) is 3.84. The molecule has 1 aliphatic heterocycles. The molecular formula is C20H23N5O5S. The van der Waals surface area contributed by atoms with Gasteiger partial charge in [-0.05, 0) is 43.0 Å². The second-order valence-corrected chi connectivity index (χ2v) is 9.89. The number of hydrogen-bond donors (Lipinski definition) is 1. The number of hydrogen-bond acceptors (Lipinski definition) is 7. The van der Waals surface area contributed by atoms with Crippen molar-refractivity contribution in [3.63, 3.8) is 0 Å². The Morgan fingerprint density at radius 3 is 2.65 bits per heavy atom. The Bertz CT molecular complexity index is 1350. The van der Waals surface area contributed by atoms with Crippen molar-refractivity contribution in [3.05, 3.63) is 56.4 Å². The van der Waals surface area contributed by atoms with E-state index in [9.17, 15) is 18.0 Å². The van der Waals surface area contributed by atoms with Gasteiger partial charge in [0.25, 0.3) is 5.56 Å². The zero-order valence-electron chi connectivity index (χ0n) is 16.9. The van der Waals surface area contributed by atoms with Crippen LogP contribution in [0.1, 0.15) is 17.7 Å². The highest BCUT2D eigenvalue weighted by Crippen LogP contribution is 2.21. The summed E-state index contributed by atoms with van der Waals surface area (Å²) in [6.07, 6.45) is 2.90. The Morgan fingerprint density at radius 1 is 1.03 bits per heavy atom. The molecule has 164 valence electrons. The van der Waals surface area contributed by atoms with Crippen molar-refractivity contribution in [1.29, 1.82) is 0 Å². The molecule has 1 N–H and O–H groups in total. The van der Waals surface area contributed by atoms with Gasteiger partial charge in [0.2, 0.25) is 10.0 Å². The fourth-order valence-electron chi connectivity index (χ4n) is 4.27. The lowest BCUT2D eigenvalue weighted by Gasteiger charge is -2.33. The van der Waals surface area contributed by atoms with Gasteiger partial charge in [-0.3, -0.25) is 14.7 Å². The lowest BCUT2D eigenvalue weighted by atomic mass is 10.2. The monoisotopic (exact) mass is 445 g/mol. The average molecular weight is 446 g/mol. The second-order valence-electron chi connectivity index (χ2n) is 7.95. The highest BCUT2D eigenvalue weighted by atomic mass is 32.2. The summed E-state index contributed by atoms with van der Waals surface area (Å²) >= 11 is 0. The summed E-state index contributed by atoms with van der Waals surface area (Å²) in [5.41, 5.74) is 2.69. The molecule has 3 heterocycles. The maximum Gasteiger partial charge on any atom is 0.417 e. The Hall–Kier alpha value is -2.76. The molecule has 0 radical (unpaired) electrons. The van der Waals surface area contributed by atoms with Crippen LogP contribution in [0.25, 0.3) is 11.1 Å². The van der Waals surface area contributed by atoms with Crippen LogP contribution in [-0.2, 0) is 29.4 Å². The number of nitrogens with zero attached hydrogens (tertiary/aromatic N) is 4. The Balaban J connectivity index is 1.22. The summed E-state index contributed by atoms with van der Waals surface area (Å²) in [7, 11) is -3.67. The molecule has 0 bridgehead atoms. The van der Waals surface area contributed by atoms with Crippen LogP contribution in [0, 0.1) is 0 Å². The fraction of sp³-hybridized carbons (Fsp3) is 0.450. The van der Waals surface area contributed by atoms with Crippen LogP contribution in [0.15, 0.2) is 43.2 Å². The van der Waals surface area contributed by atoms with Crippen LogP contribution in [0.5, 0.6) is 0 Å². The predicted octanol–water partition coefficient (Wildman–Crippen LogP) is 0.173. The number of rotatable bonds is 5. The smallest absolute Gasteiger partial charge is 0.408 e. The summed E-state index contributed by atoms with van der Waals surface area (Å²) in [4.78, 5) is 28.3.